The smallest absolute Gasteiger partial charge is 0.134 e. The first-order valence-corrected chi connectivity index (χ1v) is 7.09. The minimum atomic E-state index is 0.585. The van der Waals surface area contributed by atoms with E-state index in [9.17, 15) is 0 Å². The lowest BCUT2D eigenvalue weighted by atomic mass is 10.1. The summed E-state index contributed by atoms with van der Waals surface area (Å²) in [5.74, 6) is 0.880. The molecule has 2 rings (SSSR count). The summed E-state index contributed by atoms with van der Waals surface area (Å²) < 4.78 is 6.81. The summed E-state index contributed by atoms with van der Waals surface area (Å²) in [4.78, 5) is 0. The standard InChI is InChI=1S/C16H18BrNO/c1-12-3-8-16(15(17)9-12)19-11-14-6-4-13(5-7-14)10-18-2/h3-9,18H,10-11H2,1-2H3. The first-order valence-electron chi connectivity index (χ1n) is 6.30. The number of halogens is 1. The van der Waals surface area contributed by atoms with Gasteiger partial charge in [0.1, 0.15) is 12.4 Å². The third-order valence-electron chi connectivity index (χ3n) is 2.89. The topological polar surface area (TPSA) is 21.3 Å². The van der Waals surface area contributed by atoms with Crippen molar-refractivity contribution in [2.75, 3.05) is 7.05 Å². The van der Waals surface area contributed by atoms with Crippen LogP contribution < -0.4 is 10.1 Å². The number of rotatable bonds is 5. The minimum absolute atomic E-state index is 0.585. The zero-order chi connectivity index (χ0) is 13.7. The van der Waals surface area contributed by atoms with Gasteiger partial charge in [-0.15, -0.1) is 0 Å². The van der Waals surface area contributed by atoms with Crippen molar-refractivity contribution in [2.45, 2.75) is 20.1 Å². The fourth-order valence-electron chi connectivity index (χ4n) is 1.84. The van der Waals surface area contributed by atoms with Gasteiger partial charge in [-0.05, 0) is 58.7 Å². The van der Waals surface area contributed by atoms with Crippen LogP contribution in [-0.4, -0.2) is 7.05 Å². The molecule has 0 atom stereocenters. The van der Waals surface area contributed by atoms with Crippen molar-refractivity contribution in [1.29, 1.82) is 0 Å². The van der Waals surface area contributed by atoms with Crippen LogP contribution in [0.25, 0.3) is 0 Å². The highest BCUT2D eigenvalue weighted by Gasteiger charge is 2.02. The number of hydrogen-bond donors (Lipinski definition) is 1. The summed E-state index contributed by atoms with van der Waals surface area (Å²) >= 11 is 3.52. The molecule has 2 nitrogen and oxygen atoms in total. The lowest BCUT2D eigenvalue weighted by Crippen LogP contribution is -2.05. The maximum absolute atomic E-state index is 5.82. The summed E-state index contributed by atoms with van der Waals surface area (Å²) in [6.07, 6.45) is 0. The van der Waals surface area contributed by atoms with E-state index in [2.05, 4.69) is 64.6 Å². The fraction of sp³-hybridized carbons (Fsp3) is 0.250. The molecule has 2 aromatic rings. The monoisotopic (exact) mass is 319 g/mol. The second-order valence-corrected chi connectivity index (χ2v) is 5.42. The Kier molecular flexibility index (Phi) is 5.00. The van der Waals surface area contributed by atoms with E-state index in [1.165, 1.54) is 16.7 Å². The summed E-state index contributed by atoms with van der Waals surface area (Å²) in [5, 5.41) is 3.14. The zero-order valence-electron chi connectivity index (χ0n) is 11.2. The molecular formula is C16H18BrNO. The third kappa shape index (κ3) is 4.08. The van der Waals surface area contributed by atoms with Crippen molar-refractivity contribution in [2.24, 2.45) is 0 Å². The van der Waals surface area contributed by atoms with E-state index in [1.807, 2.05) is 13.1 Å². The van der Waals surface area contributed by atoms with Crippen LogP contribution in [0.3, 0.4) is 0 Å². The molecule has 0 radical (unpaired) electrons. The average Bonchev–Trinajstić information content (AvgIpc) is 2.40. The summed E-state index contributed by atoms with van der Waals surface area (Å²) in [6, 6.07) is 14.6. The molecular weight excluding hydrogens is 302 g/mol. The number of nitrogens with one attached hydrogen (secondary N) is 1. The van der Waals surface area contributed by atoms with Crippen molar-refractivity contribution < 1.29 is 4.74 Å². The van der Waals surface area contributed by atoms with Crippen molar-refractivity contribution in [1.82, 2.24) is 5.32 Å². The fourth-order valence-corrected chi connectivity index (χ4v) is 2.45. The molecule has 0 spiro atoms. The first-order chi connectivity index (χ1) is 9.19. The molecule has 0 aliphatic rings. The maximum atomic E-state index is 5.82. The molecule has 0 aliphatic heterocycles. The van der Waals surface area contributed by atoms with Crippen LogP contribution in [0.4, 0.5) is 0 Å². The van der Waals surface area contributed by atoms with Crippen molar-refractivity contribution in [3.8, 4) is 5.75 Å². The van der Waals surface area contributed by atoms with Crippen molar-refractivity contribution in [3.05, 3.63) is 63.6 Å². The molecule has 0 amide bonds. The number of ether oxygens (including phenoxy) is 1. The SMILES string of the molecule is CNCc1ccc(COc2ccc(C)cc2Br)cc1. The summed E-state index contributed by atoms with van der Waals surface area (Å²) in [5.41, 5.74) is 3.67. The summed E-state index contributed by atoms with van der Waals surface area (Å²) in [7, 11) is 1.95. The van der Waals surface area contributed by atoms with E-state index >= 15 is 0 Å². The van der Waals surface area contributed by atoms with Crippen LogP contribution >= 0.6 is 15.9 Å². The zero-order valence-corrected chi connectivity index (χ0v) is 12.8. The predicted molar refractivity (Wildman–Crippen MR) is 82.4 cm³/mol. The molecule has 0 saturated heterocycles. The van der Waals surface area contributed by atoms with Gasteiger partial charge in [0.15, 0.2) is 0 Å². The van der Waals surface area contributed by atoms with Crippen molar-refractivity contribution >= 4 is 15.9 Å². The molecule has 0 aliphatic carbocycles. The quantitative estimate of drug-likeness (QED) is 0.897. The molecule has 3 heteroatoms. The van der Waals surface area contributed by atoms with E-state index in [1.54, 1.807) is 0 Å². The molecule has 0 heterocycles. The Morgan fingerprint density at radius 1 is 1.05 bits per heavy atom. The minimum Gasteiger partial charge on any atom is -0.488 e. The van der Waals surface area contributed by atoms with Gasteiger partial charge in [-0.3, -0.25) is 0 Å². The van der Waals surface area contributed by atoms with Gasteiger partial charge in [-0.25, -0.2) is 0 Å². The summed E-state index contributed by atoms with van der Waals surface area (Å²) in [6.45, 7) is 3.54. The molecule has 0 fully saturated rings. The molecule has 0 saturated carbocycles. The molecule has 1 N–H and O–H groups in total. The van der Waals surface area contributed by atoms with E-state index in [4.69, 9.17) is 4.74 Å². The second-order valence-electron chi connectivity index (χ2n) is 4.57. The van der Waals surface area contributed by atoms with Gasteiger partial charge in [0.25, 0.3) is 0 Å². The Hall–Kier alpha value is -1.32. The van der Waals surface area contributed by atoms with Crippen molar-refractivity contribution in [3.63, 3.8) is 0 Å². The van der Waals surface area contributed by atoms with E-state index in [0.29, 0.717) is 6.61 Å². The van der Waals surface area contributed by atoms with Gasteiger partial charge in [-0.1, -0.05) is 30.3 Å². The van der Waals surface area contributed by atoms with Gasteiger partial charge in [0.2, 0.25) is 0 Å². The van der Waals surface area contributed by atoms with Gasteiger partial charge in [0, 0.05) is 6.54 Å². The molecule has 19 heavy (non-hydrogen) atoms. The predicted octanol–water partition coefficient (Wildman–Crippen LogP) is 4.06. The first kappa shape index (κ1) is 14.1. The molecule has 100 valence electrons. The van der Waals surface area contributed by atoms with Gasteiger partial charge in [0.05, 0.1) is 4.47 Å². The van der Waals surface area contributed by atoms with Crippen LogP contribution in [0, 0.1) is 6.92 Å². The molecule has 0 aromatic heterocycles. The van der Waals surface area contributed by atoms with Crippen LogP contribution in [0.2, 0.25) is 0 Å². The molecule has 2 aromatic carbocycles. The molecule has 0 unspecified atom stereocenters. The highest BCUT2D eigenvalue weighted by Crippen LogP contribution is 2.26. The Bertz CT molecular complexity index is 537. The van der Waals surface area contributed by atoms with E-state index < -0.39 is 0 Å². The second kappa shape index (κ2) is 6.73. The Balaban J connectivity index is 1.98. The molecule has 0 bridgehead atoms. The van der Waals surface area contributed by atoms with Crippen LogP contribution in [0.15, 0.2) is 46.9 Å². The van der Waals surface area contributed by atoms with Gasteiger partial charge < -0.3 is 10.1 Å². The van der Waals surface area contributed by atoms with E-state index in [-0.39, 0.29) is 0 Å². The maximum Gasteiger partial charge on any atom is 0.134 e. The Morgan fingerprint density at radius 3 is 2.37 bits per heavy atom. The highest BCUT2D eigenvalue weighted by molar-refractivity contribution is 9.10. The largest absolute Gasteiger partial charge is 0.488 e. The van der Waals surface area contributed by atoms with E-state index in [0.717, 1.165) is 16.8 Å². The highest BCUT2D eigenvalue weighted by atomic mass is 79.9. The number of aryl methyl sites for hydroxylation is 1. The average molecular weight is 320 g/mol. The Morgan fingerprint density at radius 2 is 1.74 bits per heavy atom. The Labute approximate surface area is 122 Å². The van der Waals surface area contributed by atoms with Crippen LogP contribution in [0.5, 0.6) is 5.75 Å². The normalized spacial score (nSPS) is 10.5. The number of benzene rings is 2. The third-order valence-corrected chi connectivity index (χ3v) is 3.51. The van der Waals surface area contributed by atoms with Gasteiger partial charge >= 0.3 is 0 Å². The van der Waals surface area contributed by atoms with Crippen LogP contribution in [-0.2, 0) is 13.2 Å². The number of hydrogen-bond acceptors (Lipinski definition) is 2. The van der Waals surface area contributed by atoms with Crippen LogP contribution in [0.1, 0.15) is 16.7 Å². The van der Waals surface area contributed by atoms with Gasteiger partial charge in [-0.2, -0.15) is 0 Å². The lowest BCUT2D eigenvalue weighted by Gasteiger charge is -2.09. The lowest BCUT2D eigenvalue weighted by molar-refractivity contribution is 0.304.